The summed E-state index contributed by atoms with van der Waals surface area (Å²) in [6, 6.07) is 11.0. The topological polar surface area (TPSA) is 61.7 Å². The minimum atomic E-state index is 0.0102. The van der Waals surface area contributed by atoms with Crippen LogP contribution in [0.4, 0.5) is 5.69 Å². The van der Waals surface area contributed by atoms with Crippen LogP contribution < -0.4 is 10.1 Å². The fraction of sp³-hybridized carbons (Fsp3) is 0.300. The zero-order valence-electron chi connectivity index (χ0n) is 13.6. The van der Waals surface area contributed by atoms with Crippen LogP contribution in [0.1, 0.15) is 36.4 Å². The second-order valence-electron chi connectivity index (χ2n) is 6.40. The van der Waals surface area contributed by atoms with Crippen LogP contribution in [0.5, 0.6) is 17.2 Å². The summed E-state index contributed by atoms with van der Waals surface area (Å²) < 4.78 is 5.64. The van der Waals surface area contributed by atoms with E-state index in [1.165, 1.54) is 11.6 Å². The first-order chi connectivity index (χ1) is 11.7. The van der Waals surface area contributed by atoms with Crippen LogP contribution in [0, 0.1) is 5.92 Å². The van der Waals surface area contributed by atoms with Crippen molar-refractivity contribution in [1.82, 2.24) is 0 Å². The summed E-state index contributed by atoms with van der Waals surface area (Å²) in [6.45, 7) is 2.64. The van der Waals surface area contributed by atoms with Crippen molar-refractivity contribution >= 4 is 5.69 Å². The SMILES string of the molecule is CCOc1ccc2c(c1)C1C=CCC1C(c1ccc(O)cc1O)N2. The average molecular weight is 323 g/mol. The maximum atomic E-state index is 10.3. The average Bonchev–Trinajstić information content (AvgIpc) is 3.05. The molecule has 4 rings (SSSR count). The van der Waals surface area contributed by atoms with Gasteiger partial charge in [-0.2, -0.15) is 0 Å². The van der Waals surface area contributed by atoms with E-state index in [-0.39, 0.29) is 17.5 Å². The first-order valence-corrected chi connectivity index (χ1v) is 8.39. The van der Waals surface area contributed by atoms with Gasteiger partial charge in [-0.1, -0.05) is 12.2 Å². The van der Waals surface area contributed by atoms with E-state index >= 15 is 0 Å². The van der Waals surface area contributed by atoms with Crippen LogP contribution in [0.3, 0.4) is 0 Å². The number of hydrogen-bond donors (Lipinski definition) is 3. The highest BCUT2D eigenvalue weighted by Gasteiger charge is 2.39. The fourth-order valence-corrected chi connectivity index (χ4v) is 3.93. The summed E-state index contributed by atoms with van der Waals surface area (Å²) in [4.78, 5) is 0. The molecule has 0 spiro atoms. The molecule has 3 N–H and O–H groups in total. The quantitative estimate of drug-likeness (QED) is 0.736. The van der Waals surface area contributed by atoms with Crippen LogP contribution in [-0.2, 0) is 0 Å². The summed E-state index contributed by atoms with van der Waals surface area (Å²) in [5, 5.41) is 23.4. The highest BCUT2D eigenvalue weighted by molar-refractivity contribution is 5.62. The smallest absolute Gasteiger partial charge is 0.124 e. The Morgan fingerprint density at radius 2 is 2.00 bits per heavy atom. The number of hydrogen-bond acceptors (Lipinski definition) is 4. The van der Waals surface area contributed by atoms with Gasteiger partial charge in [0.2, 0.25) is 0 Å². The fourth-order valence-electron chi connectivity index (χ4n) is 3.93. The predicted molar refractivity (Wildman–Crippen MR) is 93.7 cm³/mol. The van der Waals surface area contributed by atoms with E-state index in [0.29, 0.717) is 18.4 Å². The van der Waals surface area contributed by atoms with E-state index in [9.17, 15) is 10.2 Å². The molecule has 3 unspecified atom stereocenters. The lowest BCUT2D eigenvalue weighted by Crippen LogP contribution is -2.29. The summed E-state index contributed by atoms with van der Waals surface area (Å²) in [5.41, 5.74) is 3.14. The van der Waals surface area contributed by atoms with Gasteiger partial charge in [-0.25, -0.2) is 0 Å². The molecule has 4 heteroatoms. The molecular weight excluding hydrogens is 302 g/mol. The van der Waals surface area contributed by atoms with E-state index in [0.717, 1.165) is 23.4 Å². The van der Waals surface area contributed by atoms with Crippen LogP contribution >= 0.6 is 0 Å². The van der Waals surface area contributed by atoms with E-state index in [1.807, 2.05) is 19.1 Å². The molecule has 2 aromatic carbocycles. The van der Waals surface area contributed by atoms with Gasteiger partial charge in [0.15, 0.2) is 0 Å². The molecule has 4 nitrogen and oxygen atoms in total. The molecule has 0 aromatic heterocycles. The van der Waals surface area contributed by atoms with Crippen molar-refractivity contribution in [2.45, 2.75) is 25.3 Å². The van der Waals surface area contributed by atoms with Crippen molar-refractivity contribution in [3.8, 4) is 17.2 Å². The lowest BCUT2D eigenvalue weighted by molar-refractivity contribution is 0.338. The van der Waals surface area contributed by atoms with Crippen molar-refractivity contribution in [3.05, 3.63) is 59.7 Å². The van der Waals surface area contributed by atoms with Crippen molar-refractivity contribution in [3.63, 3.8) is 0 Å². The van der Waals surface area contributed by atoms with Crippen LogP contribution in [0.2, 0.25) is 0 Å². The number of rotatable bonds is 3. The van der Waals surface area contributed by atoms with Crippen molar-refractivity contribution < 1.29 is 14.9 Å². The first-order valence-electron chi connectivity index (χ1n) is 8.39. The number of phenols is 2. The van der Waals surface area contributed by atoms with Gasteiger partial charge >= 0.3 is 0 Å². The summed E-state index contributed by atoms with van der Waals surface area (Å²) in [6.07, 6.45) is 5.43. The maximum Gasteiger partial charge on any atom is 0.124 e. The number of benzene rings is 2. The highest BCUT2D eigenvalue weighted by Crippen LogP contribution is 2.51. The normalized spacial score (nSPS) is 24.1. The molecule has 1 aliphatic carbocycles. The Bertz CT molecular complexity index is 799. The number of allylic oxidation sites excluding steroid dienone is 2. The van der Waals surface area contributed by atoms with Gasteiger partial charge in [-0.05, 0) is 55.2 Å². The Balaban J connectivity index is 1.75. The lowest BCUT2D eigenvalue weighted by atomic mass is 9.77. The second kappa shape index (κ2) is 5.78. The molecule has 2 aliphatic rings. The van der Waals surface area contributed by atoms with E-state index in [1.54, 1.807) is 12.1 Å². The largest absolute Gasteiger partial charge is 0.508 e. The van der Waals surface area contributed by atoms with Crippen molar-refractivity contribution in [2.24, 2.45) is 5.92 Å². The number of fused-ring (bicyclic) bond motifs is 3. The Morgan fingerprint density at radius 3 is 2.79 bits per heavy atom. The van der Waals surface area contributed by atoms with Crippen molar-refractivity contribution in [1.29, 1.82) is 0 Å². The molecule has 2 aromatic rings. The molecular formula is C20H21NO3. The van der Waals surface area contributed by atoms with Crippen LogP contribution in [0.15, 0.2) is 48.6 Å². The number of nitrogens with one attached hydrogen (secondary N) is 1. The minimum absolute atomic E-state index is 0.0102. The minimum Gasteiger partial charge on any atom is -0.508 e. The number of aromatic hydroxyl groups is 2. The molecule has 0 saturated carbocycles. The Morgan fingerprint density at radius 1 is 1.12 bits per heavy atom. The number of phenolic OH excluding ortho intramolecular Hbond substituents is 2. The van der Waals surface area contributed by atoms with Gasteiger partial charge < -0.3 is 20.3 Å². The Kier molecular flexibility index (Phi) is 3.60. The highest BCUT2D eigenvalue weighted by atomic mass is 16.5. The third-order valence-corrected chi connectivity index (χ3v) is 4.99. The van der Waals surface area contributed by atoms with Crippen molar-refractivity contribution in [2.75, 3.05) is 11.9 Å². The van der Waals surface area contributed by atoms with Crippen LogP contribution in [-0.4, -0.2) is 16.8 Å². The first kappa shape index (κ1) is 14.9. The van der Waals surface area contributed by atoms with Crippen LogP contribution in [0.25, 0.3) is 0 Å². The molecule has 1 aliphatic heterocycles. The van der Waals surface area contributed by atoms with Gasteiger partial charge in [-0.15, -0.1) is 0 Å². The summed E-state index contributed by atoms with van der Waals surface area (Å²) >= 11 is 0. The molecule has 24 heavy (non-hydrogen) atoms. The summed E-state index contributed by atoms with van der Waals surface area (Å²) in [5.74, 6) is 1.75. The van der Waals surface area contributed by atoms with E-state index in [4.69, 9.17) is 4.74 Å². The zero-order chi connectivity index (χ0) is 16.7. The molecule has 3 atom stereocenters. The zero-order valence-corrected chi connectivity index (χ0v) is 13.6. The Labute approximate surface area is 141 Å². The predicted octanol–water partition coefficient (Wildman–Crippen LogP) is 4.32. The molecule has 0 fully saturated rings. The van der Waals surface area contributed by atoms with E-state index < -0.39 is 0 Å². The van der Waals surface area contributed by atoms with E-state index in [2.05, 4.69) is 23.5 Å². The molecule has 1 heterocycles. The molecule has 0 amide bonds. The molecule has 0 radical (unpaired) electrons. The second-order valence-corrected chi connectivity index (χ2v) is 6.40. The van der Waals surface area contributed by atoms with Gasteiger partial charge in [0.05, 0.1) is 12.6 Å². The Hall–Kier alpha value is -2.62. The molecule has 124 valence electrons. The third-order valence-electron chi connectivity index (χ3n) is 4.99. The molecule has 0 saturated heterocycles. The van der Waals surface area contributed by atoms with Gasteiger partial charge in [-0.3, -0.25) is 0 Å². The third kappa shape index (κ3) is 2.39. The summed E-state index contributed by atoms with van der Waals surface area (Å²) in [7, 11) is 0. The molecule has 0 bridgehead atoms. The van der Waals surface area contributed by atoms with Gasteiger partial charge in [0.25, 0.3) is 0 Å². The number of ether oxygens (including phenoxy) is 1. The monoisotopic (exact) mass is 323 g/mol. The lowest BCUT2D eigenvalue weighted by Gasteiger charge is -2.37. The van der Waals surface area contributed by atoms with Gasteiger partial charge in [0.1, 0.15) is 17.2 Å². The number of anilines is 1. The van der Waals surface area contributed by atoms with Gasteiger partial charge in [0, 0.05) is 23.2 Å². The maximum absolute atomic E-state index is 10.3. The standard InChI is InChI=1S/C20H21NO3/c1-2-24-13-7-9-18-17(11-13)14-4-3-5-15(14)20(21-18)16-8-6-12(22)10-19(16)23/h3-4,6-11,14-15,20-23H,2,5H2,1H3.